The molecule has 1 N–H and O–H groups in total. The maximum atomic E-state index is 10.7. The van der Waals surface area contributed by atoms with Crippen LogP contribution in [0, 0.1) is 5.92 Å². The Kier molecular flexibility index (Phi) is 1.88. The van der Waals surface area contributed by atoms with Crippen molar-refractivity contribution in [2.45, 2.75) is 13.8 Å². The standard InChI is InChI=1S/C11H10NO2/c1-6-3-7(2)8-5-10(11(13)14)12-9(8)4-6/h3-5H,1-2H3,(H,13,14). The third kappa shape index (κ3) is 1.31. The van der Waals surface area contributed by atoms with Crippen LogP contribution in [0.3, 0.4) is 0 Å². The zero-order chi connectivity index (χ0) is 10.3. The van der Waals surface area contributed by atoms with Gasteiger partial charge < -0.3 is 5.11 Å². The first-order valence-electron chi connectivity index (χ1n) is 4.36. The van der Waals surface area contributed by atoms with Gasteiger partial charge in [0.05, 0.1) is 5.70 Å². The van der Waals surface area contributed by atoms with Gasteiger partial charge in [0.25, 0.3) is 0 Å². The Morgan fingerprint density at radius 1 is 1.29 bits per heavy atom. The Morgan fingerprint density at radius 3 is 2.64 bits per heavy atom. The maximum absolute atomic E-state index is 10.7. The van der Waals surface area contributed by atoms with E-state index >= 15 is 0 Å². The van der Waals surface area contributed by atoms with Gasteiger partial charge in [-0.2, -0.15) is 0 Å². The van der Waals surface area contributed by atoms with Crippen molar-refractivity contribution < 1.29 is 9.90 Å². The number of carboxylic acids is 1. The molecule has 1 aliphatic carbocycles. The molecule has 0 aromatic heterocycles. The number of aliphatic carboxylic acids is 1. The molecule has 2 aliphatic rings. The van der Waals surface area contributed by atoms with E-state index < -0.39 is 5.97 Å². The highest BCUT2D eigenvalue weighted by molar-refractivity contribution is 6.42. The lowest BCUT2D eigenvalue weighted by Crippen LogP contribution is -2.07. The van der Waals surface area contributed by atoms with Crippen LogP contribution in [0.15, 0.2) is 40.1 Å². The van der Waals surface area contributed by atoms with Gasteiger partial charge in [-0.3, -0.25) is 0 Å². The number of carbonyl (C=O) groups is 1. The molecule has 0 atom stereocenters. The lowest BCUT2D eigenvalue weighted by atomic mass is 9.91. The molecule has 0 unspecified atom stereocenters. The van der Waals surface area contributed by atoms with Crippen molar-refractivity contribution in [2.75, 3.05) is 0 Å². The Morgan fingerprint density at radius 2 is 2.00 bits per heavy atom. The van der Waals surface area contributed by atoms with E-state index in [0.29, 0.717) is 0 Å². The summed E-state index contributed by atoms with van der Waals surface area (Å²) in [6.45, 7) is 3.93. The minimum atomic E-state index is -0.974. The maximum Gasteiger partial charge on any atom is 0.354 e. The summed E-state index contributed by atoms with van der Waals surface area (Å²) < 4.78 is 0. The van der Waals surface area contributed by atoms with E-state index in [0.717, 1.165) is 22.8 Å². The molecule has 0 bridgehead atoms. The molecule has 0 aromatic rings. The van der Waals surface area contributed by atoms with Crippen molar-refractivity contribution in [3.63, 3.8) is 0 Å². The number of hydrogen-bond donors (Lipinski definition) is 1. The largest absolute Gasteiger partial charge is 0.477 e. The van der Waals surface area contributed by atoms with E-state index in [4.69, 9.17) is 5.11 Å². The fourth-order valence-electron chi connectivity index (χ4n) is 1.64. The summed E-state index contributed by atoms with van der Waals surface area (Å²) >= 11 is 0. The monoisotopic (exact) mass is 188 g/mol. The van der Waals surface area contributed by atoms with Gasteiger partial charge in [0.2, 0.25) is 0 Å². The molecule has 2 rings (SSSR count). The number of aliphatic imine (C=N–C) groups is 1. The molecule has 0 aromatic carbocycles. The molecule has 0 saturated carbocycles. The van der Waals surface area contributed by atoms with E-state index in [1.54, 1.807) is 6.08 Å². The fraction of sp³-hybridized carbons (Fsp3) is 0.182. The van der Waals surface area contributed by atoms with Crippen LogP contribution in [0.1, 0.15) is 13.8 Å². The predicted octanol–water partition coefficient (Wildman–Crippen LogP) is 1.89. The highest BCUT2D eigenvalue weighted by Crippen LogP contribution is 2.33. The third-order valence-corrected chi connectivity index (χ3v) is 2.25. The van der Waals surface area contributed by atoms with E-state index in [9.17, 15) is 4.79 Å². The molecule has 0 fully saturated rings. The number of rotatable bonds is 1. The Balaban J connectivity index is 2.43. The summed E-state index contributed by atoms with van der Waals surface area (Å²) in [7, 11) is 0. The first-order valence-corrected chi connectivity index (χ1v) is 4.36. The van der Waals surface area contributed by atoms with Gasteiger partial charge in [-0.1, -0.05) is 18.6 Å². The summed E-state index contributed by atoms with van der Waals surface area (Å²) in [5, 5.41) is 8.78. The van der Waals surface area contributed by atoms with Gasteiger partial charge in [0.15, 0.2) is 0 Å². The lowest BCUT2D eigenvalue weighted by molar-refractivity contribution is -0.129. The van der Waals surface area contributed by atoms with E-state index in [1.165, 1.54) is 0 Å². The number of carboxylic acid groups (broad SMARTS) is 1. The van der Waals surface area contributed by atoms with Crippen molar-refractivity contribution in [2.24, 2.45) is 4.99 Å². The van der Waals surface area contributed by atoms with Crippen LogP contribution >= 0.6 is 0 Å². The summed E-state index contributed by atoms with van der Waals surface area (Å²) in [6, 6.07) is 0. The van der Waals surface area contributed by atoms with Crippen LogP contribution in [-0.4, -0.2) is 16.8 Å². The summed E-state index contributed by atoms with van der Waals surface area (Å²) in [5.74, 6) is 0.0956. The quantitative estimate of drug-likeness (QED) is 0.683. The number of hydrogen-bond acceptors (Lipinski definition) is 2. The average Bonchev–Trinajstić information content (AvgIpc) is 2.47. The van der Waals surface area contributed by atoms with Crippen molar-refractivity contribution >= 4 is 11.7 Å². The number of fused-ring (bicyclic) bond motifs is 1. The molecule has 71 valence electrons. The molecular formula is C11H10NO2. The summed E-state index contributed by atoms with van der Waals surface area (Å²) in [5.41, 5.74) is 2.91. The number of allylic oxidation sites excluding steroid dienone is 4. The molecule has 3 nitrogen and oxygen atoms in total. The molecule has 0 spiro atoms. The van der Waals surface area contributed by atoms with Crippen molar-refractivity contribution in [3.05, 3.63) is 41.0 Å². The van der Waals surface area contributed by atoms with Gasteiger partial charge in [-0.25, -0.2) is 9.79 Å². The molecule has 1 aliphatic heterocycles. The fourth-order valence-corrected chi connectivity index (χ4v) is 1.64. The smallest absolute Gasteiger partial charge is 0.354 e. The molecule has 14 heavy (non-hydrogen) atoms. The Bertz CT molecular complexity index is 425. The van der Waals surface area contributed by atoms with Crippen molar-refractivity contribution in [3.8, 4) is 0 Å². The average molecular weight is 188 g/mol. The van der Waals surface area contributed by atoms with E-state index in [1.807, 2.05) is 26.0 Å². The third-order valence-electron chi connectivity index (χ3n) is 2.25. The zero-order valence-corrected chi connectivity index (χ0v) is 8.03. The normalized spacial score (nSPS) is 20.7. The topological polar surface area (TPSA) is 49.7 Å². The zero-order valence-electron chi connectivity index (χ0n) is 8.03. The van der Waals surface area contributed by atoms with Crippen LogP contribution in [0.4, 0.5) is 0 Å². The molecule has 0 amide bonds. The highest BCUT2D eigenvalue weighted by Gasteiger charge is 2.24. The molecule has 1 radical (unpaired) electrons. The second-order valence-corrected chi connectivity index (χ2v) is 3.46. The van der Waals surface area contributed by atoms with Crippen LogP contribution in [-0.2, 0) is 4.79 Å². The first-order chi connectivity index (χ1) is 6.58. The summed E-state index contributed by atoms with van der Waals surface area (Å²) in [4.78, 5) is 14.7. The Labute approximate surface area is 82.2 Å². The van der Waals surface area contributed by atoms with Crippen LogP contribution < -0.4 is 0 Å². The van der Waals surface area contributed by atoms with Gasteiger partial charge in [-0.05, 0) is 24.6 Å². The van der Waals surface area contributed by atoms with Gasteiger partial charge in [0.1, 0.15) is 5.71 Å². The minimum Gasteiger partial charge on any atom is -0.477 e. The minimum absolute atomic E-state index is 0.119. The van der Waals surface area contributed by atoms with Gasteiger partial charge in [-0.15, -0.1) is 0 Å². The van der Waals surface area contributed by atoms with Crippen molar-refractivity contribution in [1.29, 1.82) is 0 Å². The highest BCUT2D eigenvalue weighted by atomic mass is 16.4. The van der Waals surface area contributed by atoms with E-state index in [2.05, 4.69) is 4.99 Å². The van der Waals surface area contributed by atoms with Crippen LogP contribution in [0.5, 0.6) is 0 Å². The van der Waals surface area contributed by atoms with Gasteiger partial charge in [0, 0.05) is 5.92 Å². The second-order valence-electron chi connectivity index (χ2n) is 3.46. The van der Waals surface area contributed by atoms with Crippen molar-refractivity contribution in [1.82, 2.24) is 0 Å². The van der Waals surface area contributed by atoms with Gasteiger partial charge >= 0.3 is 5.97 Å². The Hall–Kier alpha value is -1.64. The summed E-state index contributed by atoms with van der Waals surface area (Å²) in [6.07, 6.45) is 5.54. The van der Waals surface area contributed by atoms with Crippen LogP contribution in [0.2, 0.25) is 0 Å². The predicted molar refractivity (Wildman–Crippen MR) is 53.9 cm³/mol. The van der Waals surface area contributed by atoms with Crippen LogP contribution in [0.25, 0.3) is 0 Å². The van der Waals surface area contributed by atoms with E-state index in [-0.39, 0.29) is 5.71 Å². The second kappa shape index (κ2) is 2.94. The lowest BCUT2D eigenvalue weighted by Gasteiger charge is -2.14. The molecule has 3 heteroatoms. The SMILES string of the molecule is C[C]1C=C(C)C=C2N=C(C(=O)O)C=C12. The molecule has 0 saturated heterocycles. The molecular weight excluding hydrogens is 178 g/mol. The molecule has 1 heterocycles. The number of nitrogens with zero attached hydrogens (tertiary/aromatic N) is 1. The first kappa shape index (κ1) is 8.94.